The molecule has 5 nitrogen and oxygen atoms in total. The molecule has 0 radical (unpaired) electrons. The number of carbonyl (C=O) groups is 2. The molecule has 116 valence electrons. The summed E-state index contributed by atoms with van der Waals surface area (Å²) in [4.78, 5) is 24.5. The van der Waals surface area contributed by atoms with Crippen LogP contribution in [0.5, 0.6) is 5.75 Å². The molecule has 0 aliphatic heterocycles. The lowest BCUT2D eigenvalue weighted by atomic mass is 10.2. The normalized spacial score (nSPS) is 12.4. The lowest BCUT2D eigenvalue weighted by Gasteiger charge is -2.21. The molecular formula is C15H21NO4S. The third-order valence-electron chi connectivity index (χ3n) is 2.36. The molecule has 0 aromatic heterocycles. The molecule has 1 aromatic carbocycles. The molecule has 0 saturated carbocycles. The summed E-state index contributed by atoms with van der Waals surface area (Å²) in [6.45, 7) is 6.80. The zero-order chi connectivity index (χ0) is 16.0. The number of ether oxygens (including phenoxy) is 2. The van der Waals surface area contributed by atoms with Crippen LogP contribution in [-0.4, -0.2) is 30.0 Å². The molecule has 0 aliphatic rings. The SMILES string of the molecule is CSc1ccc(OC(=O)C(C)NC(=O)OC(C)(C)C)cc1. The van der Waals surface area contributed by atoms with Crippen LogP contribution in [0.3, 0.4) is 0 Å². The fraction of sp³-hybridized carbons (Fsp3) is 0.467. The molecule has 0 aliphatic carbocycles. The first-order valence-corrected chi connectivity index (χ1v) is 7.79. The van der Waals surface area contributed by atoms with E-state index >= 15 is 0 Å². The van der Waals surface area contributed by atoms with Gasteiger partial charge in [0.1, 0.15) is 17.4 Å². The Morgan fingerprint density at radius 2 is 1.76 bits per heavy atom. The van der Waals surface area contributed by atoms with E-state index in [0.717, 1.165) is 4.90 Å². The van der Waals surface area contributed by atoms with Gasteiger partial charge in [-0.1, -0.05) is 0 Å². The van der Waals surface area contributed by atoms with Crippen molar-refractivity contribution in [1.82, 2.24) is 5.32 Å². The average Bonchev–Trinajstić information content (AvgIpc) is 2.37. The topological polar surface area (TPSA) is 64.6 Å². The first-order valence-electron chi connectivity index (χ1n) is 6.56. The molecule has 1 N–H and O–H groups in total. The largest absolute Gasteiger partial charge is 0.444 e. The summed E-state index contributed by atoms with van der Waals surface area (Å²) in [5, 5.41) is 2.44. The van der Waals surface area contributed by atoms with Crippen LogP contribution >= 0.6 is 11.8 Å². The highest BCUT2D eigenvalue weighted by Gasteiger charge is 2.22. The standard InChI is InChI=1S/C15H21NO4S/c1-10(16-14(18)20-15(2,3)4)13(17)19-11-6-8-12(21-5)9-7-11/h6-10H,1-5H3,(H,16,18). The van der Waals surface area contributed by atoms with Gasteiger partial charge >= 0.3 is 12.1 Å². The van der Waals surface area contributed by atoms with E-state index in [2.05, 4.69) is 5.32 Å². The number of thioether (sulfide) groups is 1. The van der Waals surface area contributed by atoms with E-state index < -0.39 is 23.7 Å². The van der Waals surface area contributed by atoms with Crippen molar-refractivity contribution in [1.29, 1.82) is 0 Å². The van der Waals surface area contributed by atoms with Crippen LogP contribution < -0.4 is 10.1 Å². The molecule has 0 spiro atoms. The van der Waals surface area contributed by atoms with E-state index in [9.17, 15) is 9.59 Å². The summed E-state index contributed by atoms with van der Waals surface area (Å²) in [7, 11) is 0. The van der Waals surface area contributed by atoms with E-state index in [1.807, 2.05) is 18.4 Å². The number of esters is 1. The molecule has 0 saturated heterocycles. The van der Waals surface area contributed by atoms with Crippen molar-refractivity contribution in [2.24, 2.45) is 0 Å². The van der Waals surface area contributed by atoms with Gasteiger partial charge in [0.15, 0.2) is 0 Å². The fourth-order valence-corrected chi connectivity index (χ4v) is 1.80. The van der Waals surface area contributed by atoms with Gasteiger partial charge in [-0.15, -0.1) is 11.8 Å². The van der Waals surface area contributed by atoms with Gasteiger partial charge in [0.05, 0.1) is 0 Å². The number of benzene rings is 1. The summed E-state index contributed by atoms with van der Waals surface area (Å²) >= 11 is 1.60. The van der Waals surface area contributed by atoms with Crippen LogP contribution in [-0.2, 0) is 9.53 Å². The minimum Gasteiger partial charge on any atom is -0.444 e. The monoisotopic (exact) mass is 311 g/mol. The Morgan fingerprint density at radius 3 is 2.24 bits per heavy atom. The lowest BCUT2D eigenvalue weighted by molar-refractivity contribution is -0.136. The van der Waals surface area contributed by atoms with Crippen LogP contribution in [0.15, 0.2) is 29.2 Å². The summed E-state index contributed by atoms with van der Waals surface area (Å²) in [6.07, 6.45) is 1.32. The molecule has 6 heteroatoms. The Labute approximate surface area is 129 Å². The quantitative estimate of drug-likeness (QED) is 0.525. The van der Waals surface area contributed by atoms with Crippen LogP contribution in [0.1, 0.15) is 27.7 Å². The van der Waals surface area contributed by atoms with Crippen molar-refractivity contribution in [3.8, 4) is 5.75 Å². The number of hydrogen-bond donors (Lipinski definition) is 1. The number of rotatable bonds is 4. The molecule has 1 atom stereocenters. The third-order valence-corrected chi connectivity index (χ3v) is 3.11. The highest BCUT2D eigenvalue weighted by molar-refractivity contribution is 7.98. The van der Waals surface area contributed by atoms with E-state index in [-0.39, 0.29) is 0 Å². The molecular weight excluding hydrogens is 290 g/mol. The van der Waals surface area contributed by atoms with Crippen molar-refractivity contribution >= 4 is 23.8 Å². The Kier molecular flexibility index (Phi) is 6.08. The van der Waals surface area contributed by atoms with Crippen LogP contribution in [0, 0.1) is 0 Å². The first kappa shape index (κ1) is 17.4. The van der Waals surface area contributed by atoms with Gasteiger partial charge in [0, 0.05) is 4.90 Å². The molecule has 0 bridgehead atoms. The van der Waals surface area contributed by atoms with E-state index in [1.165, 1.54) is 0 Å². The van der Waals surface area contributed by atoms with E-state index in [4.69, 9.17) is 9.47 Å². The second kappa shape index (κ2) is 7.36. The summed E-state index contributed by atoms with van der Waals surface area (Å²) in [6, 6.07) is 6.35. The minimum absolute atomic E-state index is 0.440. The highest BCUT2D eigenvalue weighted by Crippen LogP contribution is 2.19. The highest BCUT2D eigenvalue weighted by atomic mass is 32.2. The first-order chi connectivity index (χ1) is 9.71. The van der Waals surface area contributed by atoms with Crippen LogP contribution in [0.25, 0.3) is 0 Å². The van der Waals surface area contributed by atoms with E-state index in [0.29, 0.717) is 5.75 Å². The smallest absolute Gasteiger partial charge is 0.408 e. The van der Waals surface area contributed by atoms with Gasteiger partial charge in [0.25, 0.3) is 0 Å². The van der Waals surface area contributed by atoms with Crippen molar-refractivity contribution in [2.45, 2.75) is 44.2 Å². The fourth-order valence-electron chi connectivity index (χ4n) is 1.39. The van der Waals surface area contributed by atoms with Crippen molar-refractivity contribution in [2.75, 3.05) is 6.26 Å². The van der Waals surface area contributed by atoms with Crippen molar-refractivity contribution < 1.29 is 19.1 Å². The van der Waals surface area contributed by atoms with Gasteiger partial charge in [-0.3, -0.25) is 0 Å². The minimum atomic E-state index is -0.792. The number of nitrogens with one attached hydrogen (secondary N) is 1. The Bertz CT molecular complexity index is 493. The van der Waals surface area contributed by atoms with Crippen molar-refractivity contribution in [3.05, 3.63) is 24.3 Å². The zero-order valence-electron chi connectivity index (χ0n) is 12.9. The second-order valence-corrected chi connectivity index (χ2v) is 6.34. The molecule has 21 heavy (non-hydrogen) atoms. The second-order valence-electron chi connectivity index (χ2n) is 5.46. The predicted octanol–water partition coefficient (Wildman–Crippen LogP) is 3.23. The lowest BCUT2D eigenvalue weighted by Crippen LogP contribution is -2.43. The Hall–Kier alpha value is -1.69. The number of alkyl carbamates (subject to hydrolysis) is 1. The predicted molar refractivity (Wildman–Crippen MR) is 82.7 cm³/mol. The molecule has 1 amide bonds. The molecule has 0 heterocycles. The van der Waals surface area contributed by atoms with Gasteiger partial charge in [-0.2, -0.15) is 0 Å². The molecule has 1 rings (SSSR count). The summed E-state index contributed by atoms with van der Waals surface area (Å²) in [5.74, 6) is -0.103. The van der Waals surface area contributed by atoms with Gasteiger partial charge in [-0.25, -0.2) is 9.59 Å². The third kappa shape index (κ3) is 6.53. The van der Waals surface area contributed by atoms with Gasteiger partial charge in [0.2, 0.25) is 0 Å². The number of carbonyl (C=O) groups excluding carboxylic acids is 2. The maximum atomic E-state index is 11.9. The molecule has 0 fully saturated rings. The Balaban J connectivity index is 2.52. The van der Waals surface area contributed by atoms with E-state index in [1.54, 1.807) is 51.6 Å². The summed E-state index contributed by atoms with van der Waals surface area (Å²) in [5.41, 5.74) is -0.610. The maximum absolute atomic E-state index is 11.9. The summed E-state index contributed by atoms with van der Waals surface area (Å²) < 4.78 is 10.3. The zero-order valence-corrected chi connectivity index (χ0v) is 13.7. The molecule has 1 unspecified atom stereocenters. The van der Waals surface area contributed by atoms with Crippen LogP contribution in [0.4, 0.5) is 4.79 Å². The molecule has 1 aromatic rings. The van der Waals surface area contributed by atoms with Crippen molar-refractivity contribution in [3.63, 3.8) is 0 Å². The maximum Gasteiger partial charge on any atom is 0.408 e. The number of hydrogen-bond acceptors (Lipinski definition) is 5. The van der Waals surface area contributed by atoms with Gasteiger partial charge < -0.3 is 14.8 Å². The Morgan fingerprint density at radius 1 is 1.19 bits per heavy atom. The number of amides is 1. The average molecular weight is 311 g/mol. The van der Waals surface area contributed by atoms with Crippen LogP contribution in [0.2, 0.25) is 0 Å². The van der Waals surface area contributed by atoms with Gasteiger partial charge in [-0.05, 0) is 58.2 Å².